The second-order valence-corrected chi connectivity index (χ2v) is 5.31. The molecule has 4 nitrogen and oxygen atoms in total. The highest BCUT2D eigenvalue weighted by Crippen LogP contribution is 2.30. The Hall–Kier alpha value is -1.06. The summed E-state index contributed by atoms with van der Waals surface area (Å²) in [6.07, 6.45) is 5.41. The van der Waals surface area contributed by atoms with Gasteiger partial charge in [-0.3, -0.25) is 15.1 Å². The largest absolute Gasteiger partial charge is 0.342 e. The van der Waals surface area contributed by atoms with E-state index in [4.69, 9.17) is 0 Å². The fourth-order valence-electron chi connectivity index (χ4n) is 2.40. The second kappa shape index (κ2) is 4.44. The first-order chi connectivity index (χ1) is 7.62. The highest BCUT2D eigenvalue weighted by Gasteiger charge is 2.45. The molecule has 0 atom stereocenters. The minimum absolute atomic E-state index is 0.120. The van der Waals surface area contributed by atoms with Crippen LogP contribution >= 0.6 is 0 Å². The van der Waals surface area contributed by atoms with E-state index in [1.54, 1.807) is 0 Å². The fourth-order valence-corrected chi connectivity index (χ4v) is 2.40. The number of nitrogens with zero attached hydrogens (tertiary/aromatic N) is 1. The second-order valence-electron chi connectivity index (χ2n) is 5.31. The van der Waals surface area contributed by atoms with Gasteiger partial charge in [0.2, 0.25) is 0 Å². The third-order valence-corrected chi connectivity index (χ3v) is 3.35. The Morgan fingerprint density at radius 3 is 2.62 bits per heavy atom. The van der Waals surface area contributed by atoms with Crippen LogP contribution in [-0.4, -0.2) is 24.0 Å². The lowest BCUT2D eigenvalue weighted by atomic mass is 9.82. The van der Waals surface area contributed by atoms with Gasteiger partial charge in [0, 0.05) is 6.54 Å². The van der Waals surface area contributed by atoms with E-state index in [2.05, 4.69) is 29.5 Å². The van der Waals surface area contributed by atoms with Gasteiger partial charge in [-0.05, 0) is 18.8 Å². The van der Waals surface area contributed by atoms with Crippen molar-refractivity contribution < 1.29 is 4.79 Å². The number of hydrogen-bond acceptors (Lipinski definition) is 2. The molecule has 0 aromatic heterocycles. The molecule has 1 heterocycles. The SMILES string of the molecule is CC(C)CN=C1NC(=O)C2(CCCCC2)N1. The van der Waals surface area contributed by atoms with E-state index >= 15 is 0 Å². The van der Waals surface area contributed by atoms with Gasteiger partial charge in [0.1, 0.15) is 5.54 Å². The molecule has 0 radical (unpaired) electrons. The van der Waals surface area contributed by atoms with E-state index in [1.165, 1.54) is 6.42 Å². The summed E-state index contributed by atoms with van der Waals surface area (Å²) in [6.45, 7) is 5.01. The lowest BCUT2D eigenvalue weighted by Crippen LogP contribution is -2.48. The molecule has 0 aromatic rings. The molecule has 16 heavy (non-hydrogen) atoms. The van der Waals surface area contributed by atoms with Crippen LogP contribution < -0.4 is 10.6 Å². The number of amides is 1. The van der Waals surface area contributed by atoms with Gasteiger partial charge in [-0.2, -0.15) is 0 Å². The zero-order valence-corrected chi connectivity index (χ0v) is 10.2. The Morgan fingerprint density at radius 2 is 2.00 bits per heavy atom. The summed E-state index contributed by atoms with van der Waals surface area (Å²) in [5.74, 6) is 1.32. The summed E-state index contributed by atoms with van der Waals surface area (Å²) in [5, 5.41) is 6.17. The zero-order valence-electron chi connectivity index (χ0n) is 10.2. The summed E-state index contributed by atoms with van der Waals surface area (Å²) in [7, 11) is 0. The molecule has 1 aliphatic carbocycles. The predicted molar refractivity (Wildman–Crippen MR) is 64.2 cm³/mol. The van der Waals surface area contributed by atoms with E-state index in [9.17, 15) is 4.79 Å². The molecule has 1 saturated carbocycles. The van der Waals surface area contributed by atoms with Crippen LogP contribution in [0.25, 0.3) is 0 Å². The lowest BCUT2D eigenvalue weighted by molar-refractivity contribution is -0.125. The monoisotopic (exact) mass is 223 g/mol. The molecule has 1 amide bonds. The third-order valence-electron chi connectivity index (χ3n) is 3.35. The normalized spacial score (nSPS) is 26.2. The number of aliphatic imine (C=N–C) groups is 1. The third kappa shape index (κ3) is 2.20. The van der Waals surface area contributed by atoms with Crippen LogP contribution in [0.5, 0.6) is 0 Å². The smallest absolute Gasteiger partial charge is 0.252 e. The Kier molecular flexibility index (Phi) is 3.17. The van der Waals surface area contributed by atoms with Crippen molar-refractivity contribution in [3.05, 3.63) is 0 Å². The Balaban J connectivity index is 2.03. The zero-order chi connectivity index (χ0) is 11.6. The van der Waals surface area contributed by atoms with Crippen LogP contribution in [0.2, 0.25) is 0 Å². The number of carbonyl (C=O) groups excluding carboxylic acids is 1. The molecule has 2 N–H and O–H groups in total. The molecular formula is C12H21N3O. The first kappa shape index (κ1) is 11.4. The summed E-state index contributed by atoms with van der Waals surface area (Å²) < 4.78 is 0. The Bertz CT molecular complexity index is 303. The minimum Gasteiger partial charge on any atom is -0.342 e. The maximum absolute atomic E-state index is 12.0. The molecule has 2 fully saturated rings. The molecular weight excluding hydrogens is 202 g/mol. The molecule has 2 rings (SSSR count). The van der Waals surface area contributed by atoms with E-state index in [0.717, 1.165) is 32.2 Å². The molecule has 0 unspecified atom stereocenters. The summed E-state index contributed by atoms with van der Waals surface area (Å²) >= 11 is 0. The summed E-state index contributed by atoms with van der Waals surface area (Å²) in [6, 6.07) is 0. The van der Waals surface area contributed by atoms with Gasteiger partial charge in [-0.15, -0.1) is 0 Å². The minimum atomic E-state index is -0.339. The number of rotatable bonds is 2. The van der Waals surface area contributed by atoms with Gasteiger partial charge in [-0.25, -0.2) is 0 Å². The quantitative estimate of drug-likeness (QED) is 0.744. The predicted octanol–water partition coefficient (Wildman–Crippen LogP) is 1.42. The number of hydrogen-bond donors (Lipinski definition) is 2. The van der Waals surface area contributed by atoms with Crippen LogP contribution in [0, 0.1) is 5.92 Å². The van der Waals surface area contributed by atoms with E-state index < -0.39 is 0 Å². The molecule has 0 bridgehead atoms. The summed E-state index contributed by atoms with van der Waals surface area (Å²) in [4.78, 5) is 16.3. The fraction of sp³-hybridized carbons (Fsp3) is 0.833. The Morgan fingerprint density at radius 1 is 1.31 bits per heavy atom. The molecule has 1 spiro atoms. The highest BCUT2D eigenvalue weighted by atomic mass is 16.2. The summed E-state index contributed by atoms with van der Waals surface area (Å²) in [5.41, 5.74) is -0.339. The van der Waals surface area contributed by atoms with Crippen LogP contribution in [0.4, 0.5) is 0 Å². The van der Waals surface area contributed by atoms with Crippen molar-refractivity contribution in [1.82, 2.24) is 10.6 Å². The lowest BCUT2D eigenvalue weighted by Gasteiger charge is -2.30. The van der Waals surface area contributed by atoms with Crippen LogP contribution in [0.15, 0.2) is 4.99 Å². The molecule has 0 aromatic carbocycles. The van der Waals surface area contributed by atoms with Crippen molar-refractivity contribution >= 4 is 11.9 Å². The van der Waals surface area contributed by atoms with Gasteiger partial charge in [0.05, 0.1) is 0 Å². The average molecular weight is 223 g/mol. The molecule has 4 heteroatoms. The van der Waals surface area contributed by atoms with Gasteiger partial charge in [0.15, 0.2) is 5.96 Å². The van der Waals surface area contributed by atoms with Crippen molar-refractivity contribution in [1.29, 1.82) is 0 Å². The van der Waals surface area contributed by atoms with E-state index in [0.29, 0.717) is 11.9 Å². The maximum Gasteiger partial charge on any atom is 0.252 e. The van der Waals surface area contributed by atoms with Crippen molar-refractivity contribution in [3.63, 3.8) is 0 Å². The molecule has 1 saturated heterocycles. The van der Waals surface area contributed by atoms with Crippen LogP contribution in [-0.2, 0) is 4.79 Å². The Labute approximate surface area is 96.9 Å². The van der Waals surface area contributed by atoms with Crippen LogP contribution in [0.3, 0.4) is 0 Å². The van der Waals surface area contributed by atoms with Crippen molar-refractivity contribution in [2.75, 3.05) is 6.54 Å². The molecule has 2 aliphatic rings. The first-order valence-electron chi connectivity index (χ1n) is 6.26. The average Bonchev–Trinajstić information content (AvgIpc) is 2.54. The number of nitrogens with one attached hydrogen (secondary N) is 2. The van der Waals surface area contributed by atoms with Crippen molar-refractivity contribution in [2.45, 2.75) is 51.5 Å². The first-order valence-corrected chi connectivity index (χ1v) is 6.26. The highest BCUT2D eigenvalue weighted by molar-refractivity contribution is 6.09. The number of carbonyl (C=O) groups is 1. The van der Waals surface area contributed by atoms with Gasteiger partial charge < -0.3 is 5.32 Å². The van der Waals surface area contributed by atoms with Gasteiger partial charge in [0.25, 0.3) is 5.91 Å². The molecule has 1 aliphatic heterocycles. The van der Waals surface area contributed by atoms with Crippen molar-refractivity contribution in [3.8, 4) is 0 Å². The van der Waals surface area contributed by atoms with Gasteiger partial charge >= 0.3 is 0 Å². The number of guanidine groups is 1. The topological polar surface area (TPSA) is 53.5 Å². The van der Waals surface area contributed by atoms with E-state index in [-0.39, 0.29) is 11.4 Å². The molecule has 90 valence electrons. The standard InChI is InChI=1S/C12H21N3O/c1-9(2)8-13-11-14-10(16)12(15-11)6-4-3-5-7-12/h9H,3-8H2,1-2H3,(H2,13,14,15,16). The van der Waals surface area contributed by atoms with Crippen LogP contribution in [0.1, 0.15) is 46.0 Å². The van der Waals surface area contributed by atoms with E-state index in [1.807, 2.05) is 0 Å². The van der Waals surface area contributed by atoms with Gasteiger partial charge in [-0.1, -0.05) is 33.1 Å². The van der Waals surface area contributed by atoms with Crippen molar-refractivity contribution in [2.24, 2.45) is 10.9 Å². The maximum atomic E-state index is 12.0.